The fourth-order valence-corrected chi connectivity index (χ4v) is 2.42. The molecule has 6 nitrogen and oxygen atoms in total. The Bertz CT molecular complexity index is 810. The van der Waals surface area contributed by atoms with Crippen LogP contribution in [0.15, 0.2) is 33.5 Å². The minimum Gasteiger partial charge on any atom is -0.493 e. The molecule has 0 saturated heterocycles. The van der Waals surface area contributed by atoms with Gasteiger partial charge in [-0.15, -0.1) is 0 Å². The second-order valence-corrected chi connectivity index (χ2v) is 6.12. The van der Waals surface area contributed by atoms with Gasteiger partial charge in [-0.2, -0.15) is 0 Å². The van der Waals surface area contributed by atoms with Gasteiger partial charge < -0.3 is 23.4 Å². The van der Waals surface area contributed by atoms with Crippen LogP contribution in [0.4, 0.5) is 0 Å². The third-order valence-electron chi connectivity index (χ3n) is 3.51. The van der Waals surface area contributed by atoms with E-state index in [1.54, 1.807) is 32.4 Å². The van der Waals surface area contributed by atoms with Gasteiger partial charge in [0.1, 0.15) is 11.5 Å². The van der Waals surface area contributed by atoms with Crippen molar-refractivity contribution in [2.45, 2.75) is 33.3 Å². The van der Waals surface area contributed by atoms with E-state index >= 15 is 0 Å². The maximum absolute atomic E-state index is 11.7. The van der Waals surface area contributed by atoms with Crippen molar-refractivity contribution in [3.8, 4) is 23.0 Å². The van der Waals surface area contributed by atoms with Crippen LogP contribution >= 0.6 is 0 Å². The van der Waals surface area contributed by atoms with Gasteiger partial charge in [-0.1, -0.05) is 13.0 Å². The molecule has 0 aliphatic heterocycles. The van der Waals surface area contributed by atoms with E-state index in [-0.39, 0.29) is 6.10 Å². The van der Waals surface area contributed by atoms with Gasteiger partial charge in [-0.05, 0) is 44.0 Å². The Labute approximate surface area is 159 Å². The standard InChI is InChI=1S/C21H26O6/c1-6-9-25-21-18(23-4)10-15(11-19(21)24-5)7-8-16-12-17(26-14(2)3)13-20(22)27-16/h7-8,10-14H,6,9H2,1-5H3. The average molecular weight is 374 g/mol. The molecular formula is C21H26O6. The molecule has 0 spiro atoms. The highest BCUT2D eigenvalue weighted by molar-refractivity contribution is 5.71. The van der Waals surface area contributed by atoms with Crippen LogP contribution in [-0.2, 0) is 0 Å². The Balaban J connectivity index is 2.33. The van der Waals surface area contributed by atoms with E-state index in [2.05, 4.69) is 0 Å². The molecular weight excluding hydrogens is 348 g/mol. The molecule has 2 rings (SSSR count). The topological polar surface area (TPSA) is 67.1 Å². The molecule has 0 fully saturated rings. The number of ether oxygens (including phenoxy) is 4. The van der Waals surface area contributed by atoms with Crippen molar-refractivity contribution in [2.75, 3.05) is 20.8 Å². The zero-order valence-electron chi connectivity index (χ0n) is 16.4. The molecule has 0 aliphatic rings. The molecule has 1 heterocycles. The highest BCUT2D eigenvalue weighted by Crippen LogP contribution is 2.39. The number of hydrogen-bond acceptors (Lipinski definition) is 6. The molecule has 0 N–H and O–H groups in total. The Morgan fingerprint density at radius 1 is 1.04 bits per heavy atom. The summed E-state index contributed by atoms with van der Waals surface area (Å²) in [6.45, 7) is 6.38. The van der Waals surface area contributed by atoms with Gasteiger partial charge in [-0.25, -0.2) is 4.79 Å². The lowest BCUT2D eigenvalue weighted by molar-refractivity contribution is 0.239. The first-order chi connectivity index (χ1) is 13.0. The maximum Gasteiger partial charge on any atom is 0.339 e. The first-order valence-electron chi connectivity index (χ1n) is 8.85. The summed E-state index contributed by atoms with van der Waals surface area (Å²) >= 11 is 0. The van der Waals surface area contributed by atoms with E-state index in [0.29, 0.717) is 35.4 Å². The SMILES string of the molecule is CCCOc1c(OC)cc(C=Cc2cc(OC(C)C)cc(=O)o2)cc1OC. The van der Waals surface area contributed by atoms with Crippen molar-refractivity contribution in [3.63, 3.8) is 0 Å². The number of methoxy groups -OCH3 is 2. The Morgan fingerprint density at radius 2 is 1.70 bits per heavy atom. The number of hydrogen-bond donors (Lipinski definition) is 0. The van der Waals surface area contributed by atoms with E-state index in [1.807, 2.05) is 32.9 Å². The molecule has 0 saturated carbocycles. The van der Waals surface area contributed by atoms with Gasteiger partial charge in [0, 0.05) is 6.07 Å². The Morgan fingerprint density at radius 3 is 2.26 bits per heavy atom. The van der Waals surface area contributed by atoms with Crippen molar-refractivity contribution >= 4 is 12.2 Å². The Hall–Kier alpha value is -2.89. The minimum absolute atomic E-state index is 0.0344. The van der Waals surface area contributed by atoms with Crippen molar-refractivity contribution in [3.05, 3.63) is 46.0 Å². The van der Waals surface area contributed by atoms with Crippen LogP contribution in [0.2, 0.25) is 0 Å². The van der Waals surface area contributed by atoms with E-state index in [9.17, 15) is 4.79 Å². The molecule has 146 valence electrons. The van der Waals surface area contributed by atoms with Crippen LogP contribution < -0.4 is 24.6 Å². The summed E-state index contributed by atoms with van der Waals surface area (Å²) in [5.41, 5.74) is 0.344. The summed E-state index contributed by atoms with van der Waals surface area (Å²) in [4.78, 5) is 11.7. The van der Waals surface area contributed by atoms with E-state index < -0.39 is 5.63 Å². The lowest BCUT2D eigenvalue weighted by atomic mass is 10.1. The van der Waals surface area contributed by atoms with Crippen LogP contribution in [0.1, 0.15) is 38.5 Å². The highest BCUT2D eigenvalue weighted by atomic mass is 16.5. The maximum atomic E-state index is 11.7. The molecule has 27 heavy (non-hydrogen) atoms. The highest BCUT2D eigenvalue weighted by Gasteiger charge is 2.13. The molecule has 1 aromatic heterocycles. The van der Waals surface area contributed by atoms with Crippen molar-refractivity contribution in [1.82, 2.24) is 0 Å². The summed E-state index contributed by atoms with van der Waals surface area (Å²) in [7, 11) is 3.15. The normalized spacial score (nSPS) is 11.0. The monoisotopic (exact) mass is 374 g/mol. The molecule has 0 radical (unpaired) electrons. The molecule has 0 bridgehead atoms. The predicted molar refractivity (Wildman–Crippen MR) is 105 cm³/mol. The average Bonchev–Trinajstić information content (AvgIpc) is 2.63. The van der Waals surface area contributed by atoms with Crippen molar-refractivity contribution < 1.29 is 23.4 Å². The summed E-state index contributed by atoms with van der Waals surface area (Å²) in [6, 6.07) is 6.65. The molecule has 0 aliphatic carbocycles. The zero-order valence-corrected chi connectivity index (χ0v) is 16.4. The molecule has 0 amide bonds. The van der Waals surface area contributed by atoms with Crippen LogP contribution in [0, 0.1) is 0 Å². The lowest BCUT2D eigenvalue weighted by Gasteiger charge is -2.15. The van der Waals surface area contributed by atoms with Crippen LogP contribution in [0.5, 0.6) is 23.0 Å². The quantitative estimate of drug-likeness (QED) is 0.648. The van der Waals surface area contributed by atoms with Crippen LogP contribution in [0.3, 0.4) is 0 Å². The summed E-state index contributed by atoms with van der Waals surface area (Å²) in [6.07, 6.45) is 4.33. The molecule has 1 aromatic carbocycles. The zero-order chi connectivity index (χ0) is 19.8. The third kappa shape index (κ3) is 5.81. The van der Waals surface area contributed by atoms with Crippen LogP contribution in [-0.4, -0.2) is 26.9 Å². The second kappa shape index (κ2) is 9.71. The summed E-state index contributed by atoms with van der Waals surface area (Å²) < 4.78 is 27.4. The van der Waals surface area contributed by atoms with Gasteiger partial charge in [-0.3, -0.25) is 0 Å². The van der Waals surface area contributed by atoms with Gasteiger partial charge in [0.05, 0.1) is 33.0 Å². The fraction of sp³-hybridized carbons (Fsp3) is 0.381. The van der Waals surface area contributed by atoms with Crippen molar-refractivity contribution in [1.29, 1.82) is 0 Å². The summed E-state index contributed by atoms with van der Waals surface area (Å²) in [5, 5.41) is 0. The second-order valence-electron chi connectivity index (χ2n) is 6.12. The van der Waals surface area contributed by atoms with E-state index in [1.165, 1.54) is 6.07 Å². The van der Waals surface area contributed by atoms with Gasteiger partial charge in [0.2, 0.25) is 5.75 Å². The molecule has 0 atom stereocenters. The first kappa shape index (κ1) is 20.4. The van der Waals surface area contributed by atoms with Gasteiger partial charge in [0.25, 0.3) is 0 Å². The third-order valence-corrected chi connectivity index (χ3v) is 3.51. The molecule has 0 unspecified atom stereocenters. The minimum atomic E-state index is -0.466. The van der Waals surface area contributed by atoms with Crippen molar-refractivity contribution in [2.24, 2.45) is 0 Å². The number of rotatable bonds is 9. The smallest absolute Gasteiger partial charge is 0.339 e. The Kier molecular flexibility index (Phi) is 7.34. The summed E-state index contributed by atoms with van der Waals surface area (Å²) in [5.74, 6) is 2.57. The van der Waals surface area contributed by atoms with Crippen LogP contribution in [0.25, 0.3) is 12.2 Å². The first-order valence-corrected chi connectivity index (χ1v) is 8.85. The largest absolute Gasteiger partial charge is 0.493 e. The van der Waals surface area contributed by atoms with E-state index in [0.717, 1.165) is 12.0 Å². The predicted octanol–water partition coefficient (Wildman–Crippen LogP) is 4.40. The van der Waals surface area contributed by atoms with Gasteiger partial charge >= 0.3 is 5.63 Å². The number of benzene rings is 1. The molecule has 6 heteroatoms. The van der Waals surface area contributed by atoms with E-state index in [4.69, 9.17) is 23.4 Å². The fourth-order valence-electron chi connectivity index (χ4n) is 2.42. The lowest BCUT2D eigenvalue weighted by Crippen LogP contribution is -2.08. The van der Waals surface area contributed by atoms with Gasteiger partial charge in [0.15, 0.2) is 11.5 Å². The molecule has 2 aromatic rings.